The van der Waals surface area contributed by atoms with Gasteiger partial charge >= 0.3 is 0 Å². The highest BCUT2D eigenvalue weighted by atomic mass is 15.1. The predicted octanol–water partition coefficient (Wildman–Crippen LogP) is 3.56. The maximum absolute atomic E-state index is 9.93. The number of nitrogens with zero attached hydrogens (tertiary/aromatic N) is 4. The molecule has 1 aromatic carbocycles. The predicted molar refractivity (Wildman–Crippen MR) is 107 cm³/mol. The summed E-state index contributed by atoms with van der Waals surface area (Å²) in [6.07, 6.45) is 1.97. The first kappa shape index (κ1) is 19.7. The van der Waals surface area contributed by atoms with Gasteiger partial charge in [-0.2, -0.15) is 15.8 Å². The highest BCUT2D eigenvalue weighted by Crippen LogP contribution is 2.52. The first-order valence-corrected chi connectivity index (χ1v) is 9.68. The molecule has 0 spiro atoms. The number of benzene rings is 1. The number of nitrogens with two attached hydrogens (primary N) is 1. The standard InChI is InChI=1S/C23H25N5/c1-4-28-10-9-20-19(12-28)21(17-7-5-16(6-8-17)15(2)3)18(11-24)22(27)23(20,13-25)14-26/h5-9,15,19,21H,4,10,12,27H2,1-3H3. The van der Waals surface area contributed by atoms with Gasteiger partial charge in [0.05, 0.1) is 29.5 Å². The van der Waals surface area contributed by atoms with Crippen LogP contribution in [0.4, 0.5) is 0 Å². The van der Waals surface area contributed by atoms with Crippen molar-refractivity contribution in [3.05, 3.63) is 58.3 Å². The quantitative estimate of drug-likeness (QED) is 0.819. The van der Waals surface area contributed by atoms with Gasteiger partial charge in [0.25, 0.3) is 0 Å². The molecule has 5 nitrogen and oxygen atoms in total. The summed E-state index contributed by atoms with van der Waals surface area (Å²) < 4.78 is 0. The Morgan fingerprint density at radius 2 is 1.82 bits per heavy atom. The van der Waals surface area contributed by atoms with Gasteiger partial charge in [0, 0.05) is 24.9 Å². The van der Waals surface area contributed by atoms with E-state index in [2.05, 4.69) is 68.1 Å². The lowest BCUT2D eigenvalue weighted by Gasteiger charge is -2.45. The normalized spacial score (nSPS) is 24.0. The molecule has 0 saturated heterocycles. The fourth-order valence-corrected chi connectivity index (χ4v) is 4.42. The molecule has 1 aliphatic carbocycles. The third-order valence-corrected chi connectivity index (χ3v) is 6.13. The Balaban J connectivity index is 2.23. The van der Waals surface area contributed by atoms with Gasteiger partial charge in [0.1, 0.15) is 0 Å². The van der Waals surface area contributed by atoms with E-state index in [9.17, 15) is 15.8 Å². The Morgan fingerprint density at radius 1 is 1.18 bits per heavy atom. The van der Waals surface area contributed by atoms with Crippen molar-refractivity contribution < 1.29 is 0 Å². The SMILES string of the molecule is CCN1CC=C2C(C1)C(c1ccc(C(C)C)cc1)C(C#N)=C(N)C2(C#N)C#N. The summed E-state index contributed by atoms with van der Waals surface area (Å²) >= 11 is 0. The minimum atomic E-state index is -1.55. The second kappa shape index (κ2) is 7.51. The van der Waals surface area contributed by atoms with Crippen molar-refractivity contribution in [2.24, 2.45) is 17.1 Å². The van der Waals surface area contributed by atoms with Gasteiger partial charge in [0.15, 0.2) is 0 Å². The average molecular weight is 371 g/mol. The first-order chi connectivity index (χ1) is 13.4. The minimum absolute atomic E-state index is 0.0883. The molecule has 2 aliphatic rings. The van der Waals surface area contributed by atoms with Crippen LogP contribution >= 0.6 is 0 Å². The molecular formula is C23H25N5. The van der Waals surface area contributed by atoms with Crippen molar-refractivity contribution in [3.63, 3.8) is 0 Å². The third-order valence-electron chi connectivity index (χ3n) is 6.13. The summed E-state index contributed by atoms with van der Waals surface area (Å²) in [5.74, 6) is 0.0449. The van der Waals surface area contributed by atoms with Crippen LogP contribution in [0.25, 0.3) is 0 Å². The molecule has 1 aromatic rings. The van der Waals surface area contributed by atoms with E-state index in [1.807, 2.05) is 6.08 Å². The Hall–Kier alpha value is -3.07. The molecule has 0 amide bonds. The molecule has 0 saturated carbocycles. The lowest BCUT2D eigenvalue weighted by molar-refractivity contribution is 0.234. The third kappa shape index (κ3) is 2.88. The molecule has 1 aliphatic heterocycles. The Bertz CT molecular complexity index is 933. The van der Waals surface area contributed by atoms with Crippen LogP contribution in [-0.2, 0) is 0 Å². The summed E-state index contributed by atoms with van der Waals surface area (Å²) in [5, 5.41) is 29.7. The summed E-state index contributed by atoms with van der Waals surface area (Å²) in [4.78, 5) is 2.26. The van der Waals surface area contributed by atoms with Crippen LogP contribution < -0.4 is 5.73 Å². The van der Waals surface area contributed by atoms with E-state index in [0.29, 0.717) is 24.6 Å². The van der Waals surface area contributed by atoms with Crippen molar-refractivity contribution in [3.8, 4) is 18.2 Å². The highest BCUT2D eigenvalue weighted by Gasteiger charge is 2.52. The molecule has 2 unspecified atom stereocenters. The fourth-order valence-electron chi connectivity index (χ4n) is 4.42. The van der Waals surface area contributed by atoms with Crippen molar-refractivity contribution in [2.75, 3.05) is 19.6 Å². The lowest BCUT2D eigenvalue weighted by atomic mass is 9.60. The molecule has 0 bridgehead atoms. The molecular weight excluding hydrogens is 346 g/mol. The molecule has 28 heavy (non-hydrogen) atoms. The summed E-state index contributed by atoms with van der Waals surface area (Å²) in [5.41, 5.74) is 8.19. The number of allylic oxidation sites excluding steroid dienone is 2. The highest BCUT2D eigenvalue weighted by molar-refractivity contribution is 5.58. The number of hydrogen-bond donors (Lipinski definition) is 1. The van der Waals surface area contributed by atoms with Crippen LogP contribution in [-0.4, -0.2) is 24.5 Å². The second-order valence-electron chi connectivity index (χ2n) is 7.83. The van der Waals surface area contributed by atoms with Crippen LogP contribution in [0, 0.1) is 45.3 Å². The van der Waals surface area contributed by atoms with Crippen LogP contribution in [0.1, 0.15) is 43.7 Å². The molecule has 0 aromatic heterocycles. The van der Waals surface area contributed by atoms with Gasteiger partial charge < -0.3 is 5.73 Å². The number of fused-ring (bicyclic) bond motifs is 1. The minimum Gasteiger partial charge on any atom is -0.399 e. The molecule has 0 fully saturated rings. The van der Waals surface area contributed by atoms with Gasteiger partial charge in [0.2, 0.25) is 5.41 Å². The van der Waals surface area contributed by atoms with E-state index in [0.717, 1.165) is 17.7 Å². The zero-order valence-corrected chi connectivity index (χ0v) is 16.6. The Labute approximate surface area is 167 Å². The zero-order valence-electron chi connectivity index (χ0n) is 16.6. The number of nitriles is 3. The Kier molecular flexibility index (Phi) is 5.28. The lowest BCUT2D eigenvalue weighted by Crippen LogP contribution is -2.47. The van der Waals surface area contributed by atoms with E-state index in [-0.39, 0.29) is 17.5 Å². The van der Waals surface area contributed by atoms with E-state index < -0.39 is 5.41 Å². The van der Waals surface area contributed by atoms with E-state index in [1.54, 1.807) is 0 Å². The van der Waals surface area contributed by atoms with Crippen molar-refractivity contribution in [2.45, 2.75) is 32.6 Å². The molecule has 2 atom stereocenters. The van der Waals surface area contributed by atoms with Crippen LogP contribution in [0.2, 0.25) is 0 Å². The molecule has 3 rings (SSSR count). The van der Waals surface area contributed by atoms with Crippen molar-refractivity contribution in [1.82, 2.24) is 4.90 Å². The summed E-state index contributed by atoms with van der Waals surface area (Å²) in [6, 6.07) is 14.8. The molecule has 142 valence electrons. The van der Waals surface area contributed by atoms with Gasteiger partial charge in [-0.15, -0.1) is 0 Å². The molecule has 0 radical (unpaired) electrons. The van der Waals surface area contributed by atoms with E-state index >= 15 is 0 Å². The molecule has 2 N–H and O–H groups in total. The van der Waals surface area contributed by atoms with Gasteiger partial charge in [-0.3, -0.25) is 4.90 Å². The monoisotopic (exact) mass is 371 g/mol. The maximum atomic E-state index is 9.93. The van der Waals surface area contributed by atoms with Crippen molar-refractivity contribution in [1.29, 1.82) is 15.8 Å². The van der Waals surface area contributed by atoms with E-state index in [1.165, 1.54) is 5.56 Å². The maximum Gasteiger partial charge on any atom is 0.204 e. The molecule has 5 heteroatoms. The van der Waals surface area contributed by atoms with Crippen LogP contribution in [0.5, 0.6) is 0 Å². The molecule has 1 heterocycles. The zero-order chi connectivity index (χ0) is 20.5. The van der Waals surface area contributed by atoms with Gasteiger partial charge in [-0.1, -0.05) is 51.1 Å². The summed E-state index contributed by atoms with van der Waals surface area (Å²) in [7, 11) is 0. The number of likely N-dealkylation sites (N-methyl/N-ethyl adjacent to an activating group) is 1. The van der Waals surface area contributed by atoms with Crippen LogP contribution in [0.3, 0.4) is 0 Å². The van der Waals surface area contributed by atoms with E-state index in [4.69, 9.17) is 5.73 Å². The topological polar surface area (TPSA) is 101 Å². The summed E-state index contributed by atoms with van der Waals surface area (Å²) in [6.45, 7) is 8.62. The Morgan fingerprint density at radius 3 is 2.32 bits per heavy atom. The largest absolute Gasteiger partial charge is 0.399 e. The van der Waals surface area contributed by atoms with Crippen LogP contribution in [0.15, 0.2) is 47.2 Å². The van der Waals surface area contributed by atoms with Crippen molar-refractivity contribution >= 4 is 0 Å². The number of hydrogen-bond acceptors (Lipinski definition) is 5. The average Bonchev–Trinajstić information content (AvgIpc) is 2.73. The first-order valence-electron chi connectivity index (χ1n) is 9.68. The smallest absolute Gasteiger partial charge is 0.204 e. The fraction of sp³-hybridized carbons (Fsp3) is 0.435. The number of rotatable bonds is 3. The van der Waals surface area contributed by atoms with Gasteiger partial charge in [-0.25, -0.2) is 0 Å². The second-order valence-corrected chi connectivity index (χ2v) is 7.83. The van der Waals surface area contributed by atoms with Gasteiger partial charge in [-0.05, 0) is 29.2 Å².